The van der Waals surface area contributed by atoms with Crippen molar-refractivity contribution in [3.63, 3.8) is 0 Å². The van der Waals surface area contributed by atoms with E-state index >= 15 is 0 Å². The lowest BCUT2D eigenvalue weighted by Crippen LogP contribution is -2.41. The first-order chi connectivity index (χ1) is 8.75. The van der Waals surface area contributed by atoms with Gasteiger partial charge in [-0.05, 0) is 18.9 Å². The van der Waals surface area contributed by atoms with Crippen LogP contribution >= 0.6 is 0 Å². The highest BCUT2D eigenvalue weighted by Gasteiger charge is 2.17. The van der Waals surface area contributed by atoms with E-state index in [1.165, 1.54) is 25.3 Å². The van der Waals surface area contributed by atoms with E-state index in [0.717, 1.165) is 0 Å². The van der Waals surface area contributed by atoms with E-state index in [4.69, 9.17) is 4.74 Å². The molecule has 1 unspecified atom stereocenters. The van der Waals surface area contributed by atoms with Crippen molar-refractivity contribution in [2.75, 3.05) is 13.2 Å². The van der Waals surface area contributed by atoms with Gasteiger partial charge in [-0.1, -0.05) is 24.6 Å². The summed E-state index contributed by atoms with van der Waals surface area (Å²) in [6.07, 6.45) is 3.14. The molecular weight excluding hydrogens is 233 g/mol. The second kappa shape index (κ2) is 6.83. The summed E-state index contributed by atoms with van der Waals surface area (Å²) in [5, 5.41) is 13.0. The molecule has 1 fully saturated rings. The van der Waals surface area contributed by atoms with Crippen LogP contribution in [-0.2, 0) is 11.3 Å². The van der Waals surface area contributed by atoms with Gasteiger partial charge >= 0.3 is 0 Å². The van der Waals surface area contributed by atoms with Crippen LogP contribution in [0.2, 0.25) is 0 Å². The second-order valence-electron chi connectivity index (χ2n) is 4.80. The van der Waals surface area contributed by atoms with Gasteiger partial charge in [0.2, 0.25) is 0 Å². The Bertz CT molecular complexity index is 369. The van der Waals surface area contributed by atoms with Crippen LogP contribution in [0.4, 0.5) is 4.39 Å². The SMILES string of the molecule is OC(CNC1CCC1)COCc1ccccc1F. The molecule has 100 valence electrons. The monoisotopic (exact) mass is 253 g/mol. The third-order valence-corrected chi connectivity index (χ3v) is 3.27. The molecule has 0 amide bonds. The number of nitrogens with one attached hydrogen (secondary N) is 1. The number of halogens is 1. The zero-order valence-corrected chi connectivity index (χ0v) is 10.4. The van der Waals surface area contributed by atoms with Crippen molar-refractivity contribution in [1.82, 2.24) is 5.32 Å². The lowest BCUT2D eigenvalue weighted by Gasteiger charge is -2.27. The number of benzene rings is 1. The summed E-state index contributed by atoms with van der Waals surface area (Å²) < 4.78 is 18.6. The molecule has 4 heteroatoms. The molecule has 1 atom stereocenters. The average Bonchev–Trinajstić information content (AvgIpc) is 2.30. The van der Waals surface area contributed by atoms with Crippen LogP contribution < -0.4 is 5.32 Å². The Hall–Kier alpha value is -0.970. The van der Waals surface area contributed by atoms with Crippen LogP contribution in [0.1, 0.15) is 24.8 Å². The summed E-state index contributed by atoms with van der Waals surface area (Å²) in [5.41, 5.74) is 0.525. The first-order valence-corrected chi connectivity index (χ1v) is 6.48. The molecule has 0 radical (unpaired) electrons. The summed E-state index contributed by atoms with van der Waals surface area (Å²) in [7, 11) is 0. The van der Waals surface area contributed by atoms with Crippen LogP contribution in [-0.4, -0.2) is 30.4 Å². The van der Waals surface area contributed by atoms with Crippen molar-refractivity contribution < 1.29 is 14.2 Å². The highest BCUT2D eigenvalue weighted by atomic mass is 19.1. The lowest BCUT2D eigenvalue weighted by atomic mass is 9.93. The fraction of sp³-hybridized carbons (Fsp3) is 0.571. The standard InChI is InChI=1S/C14H20FNO2/c15-14-7-2-1-4-11(14)9-18-10-13(17)8-16-12-5-3-6-12/h1-2,4,7,12-13,16-17H,3,5-6,8-10H2. The minimum atomic E-state index is -0.530. The highest BCUT2D eigenvalue weighted by Crippen LogP contribution is 2.17. The number of rotatable bonds is 7. The molecule has 1 saturated carbocycles. The van der Waals surface area contributed by atoms with Crippen molar-refractivity contribution in [2.45, 2.75) is 38.0 Å². The van der Waals surface area contributed by atoms with E-state index in [1.807, 2.05) is 0 Å². The van der Waals surface area contributed by atoms with Crippen molar-refractivity contribution >= 4 is 0 Å². The van der Waals surface area contributed by atoms with Crippen LogP contribution in [0.15, 0.2) is 24.3 Å². The third kappa shape index (κ3) is 4.05. The average molecular weight is 253 g/mol. The second-order valence-corrected chi connectivity index (χ2v) is 4.80. The van der Waals surface area contributed by atoms with Crippen LogP contribution in [0.25, 0.3) is 0 Å². The number of aliphatic hydroxyl groups excluding tert-OH is 1. The molecule has 0 heterocycles. The number of hydrogen-bond donors (Lipinski definition) is 2. The Kier molecular flexibility index (Phi) is 5.11. The molecular formula is C14H20FNO2. The van der Waals surface area contributed by atoms with Gasteiger partial charge in [0, 0.05) is 18.2 Å². The maximum absolute atomic E-state index is 13.3. The van der Waals surface area contributed by atoms with E-state index in [1.54, 1.807) is 18.2 Å². The first-order valence-electron chi connectivity index (χ1n) is 6.48. The normalized spacial score (nSPS) is 17.4. The summed E-state index contributed by atoms with van der Waals surface area (Å²) in [5.74, 6) is -0.264. The maximum Gasteiger partial charge on any atom is 0.128 e. The number of hydrogen-bond acceptors (Lipinski definition) is 3. The summed E-state index contributed by atoms with van der Waals surface area (Å²) in [6, 6.07) is 7.08. The van der Waals surface area contributed by atoms with E-state index in [0.29, 0.717) is 18.2 Å². The predicted octanol–water partition coefficient (Wildman–Crippen LogP) is 1.85. The van der Waals surface area contributed by atoms with Crippen molar-refractivity contribution in [2.24, 2.45) is 0 Å². The minimum Gasteiger partial charge on any atom is -0.389 e. The van der Waals surface area contributed by atoms with Crippen LogP contribution in [0.5, 0.6) is 0 Å². The Labute approximate surface area is 107 Å². The fourth-order valence-corrected chi connectivity index (χ4v) is 1.89. The quantitative estimate of drug-likeness (QED) is 0.779. The molecule has 2 rings (SSSR count). The number of ether oxygens (including phenoxy) is 1. The summed E-state index contributed by atoms with van der Waals surface area (Å²) >= 11 is 0. The highest BCUT2D eigenvalue weighted by molar-refractivity contribution is 5.16. The molecule has 0 spiro atoms. The fourth-order valence-electron chi connectivity index (χ4n) is 1.89. The largest absolute Gasteiger partial charge is 0.389 e. The van der Waals surface area contributed by atoms with Gasteiger partial charge in [0.25, 0.3) is 0 Å². The van der Waals surface area contributed by atoms with E-state index in [9.17, 15) is 9.50 Å². The van der Waals surface area contributed by atoms with Gasteiger partial charge in [-0.25, -0.2) is 4.39 Å². The molecule has 0 aliphatic heterocycles. The molecule has 3 nitrogen and oxygen atoms in total. The van der Waals surface area contributed by atoms with Gasteiger partial charge in [0.15, 0.2) is 0 Å². The Morgan fingerprint density at radius 2 is 2.17 bits per heavy atom. The lowest BCUT2D eigenvalue weighted by molar-refractivity contribution is 0.0253. The smallest absolute Gasteiger partial charge is 0.128 e. The molecule has 18 heavy (non-hydrogen) atoms. The first kappa shape index (κ1) is 13.5. The van der Waals surface area contributed by atoms with Gasteiger partial charge in [0.05, 0.1) is 19.3 Å². The van der Waals surface area contributed by atoms with Crippen molar-refractivity contribution in [3.05, 3.63) is 35.6 Å². The summed E-state index contributed by atoms with van der Waals surface area (Å²) in [6.45, 7) is 0.975. The van der Waals surface area contributed by atoms with E-state index in [-0.39, 0.29) is 19.0 Å². The van der Waals surface area contributed by atoms with Gasteiger partial charge in [-0.3, -0.25) is 0 Å². The Morgan fingerprint density at radius 3 is 2.83 bits per heavy atom. The van der Waals surface area contributed by atoms with Gasteiger partial charge in [0.1, 0.15) is 5.82 Å². The molecule has 0 bridgehead atoms. The molecule has 1 aromatic rings. The zero-order chi connectivity index (χ0) is 12.8. The Morgan fingerprint density at radius 1 is 1.39 bits per heavy atom. The molecule has 2 N–H and O–H groups in total. The van der Waals surface area contributed by atoms with Gasteiger partial charge in [-0.2, -0.15) is 0 Å². The molecule has 1 aliphatic carbocycles. The van der Waals surface area contributed by atoms with E-state index in [2.05, 4.69) is 5.32 Å². The predicted molar refractivity (Wildman–Crippen MR) is 67.7 cm³/mol. The van der Waals surface area contributed by atoms with Crippen LogP contribution in [0, 0.1) is 5.82 Å². The van der Waals surface area contributed by atoms with E-state index < -0.39 is 6.10 Å². The molecule has 1 aromatic carbocycles. The third-order valence-electron chi connectivity index (χ3n) is 3.27. The van der Waals surface area contributed by atoms with Gasteiger partial charge < -0.3 is 15.2 Å². The topological polar surface area (TPSA) is 41.5 Å². The Balaban J connectivity index is 1.60. The molecule has 0 saturated heterocycles. The minimum absolute atomic E-state index is 0.202. The zero-order valence-electron chi connectivity index (χ0n) is 10.4. The van der Waals surface area contributed by atoms with Crippen LogP contribution in [0.3, 0.4) is 0 Å². The van der Waals surface area contributed by atoms with Gasteiger partial charge in [-0.15, -0.1) is 0 Å². The maximum atomic E-state index is 13.3. The molecule has 1 aliphatic rings. The van der Waals surface area contributed by atoms with Crippen molar-refractivity contribution in [1.29, 1.82) is 0 Å². The van der Waals surface area contributed by atoms with Crippen molar-refractivity contribution in [3.8, 4) is 0 Å². The number of aliphatic hydroxyl groups is 1. The summed E-state index contributed by atoms with van der Waals surface area (Å²) in [4.78, 5) is 0. The molecule has 0 aromatic heterocycles.